The van der Waals surface area contributed by atoms with Gasteiger partial charge in [0.05, 0.1) is 30.0 Å². The number of carbonyl (C=O) groups excluding carboxylic acids is 3. The fraction of sp³-hybridized carbons (Fsp3) is 0.409. The largest absolute Gasteiger partial charge is 0.467 e. The Balaban J connectivity index is 1.52. The third-order valence-corrected chi connectivity index (χ3v) is 6.21. The number of furan rings is 1. The number of benzene rings is 1. The molecule has 3 atom stereocenters. The third kappa shape index (κ3) is 2.97. The van der Waals surface area contributed by atoms with Crippen molar-refractivity contribution >= 4 is 17.7 Å². The van der Waals surface area contributed by atoms with E-state index in [1.807, 2.05) is 6.92 Å². The molecule has 1 saturated carbocycles. The second kappa shape index (κ2) is 6.84. The van der Waals surface area contributed by atoms with E-state index in [2.05, 4.69) is 19.2 Å². The molecule has 0 bridgehead atoms. The summed E-state index contributed by atoms with van der Waals surface area (Å²) in [6, 6.07) is 7.99. The Kier molecular flexibility index (Phi) is 4.58. The van der Waals surface area contributed by atoms with Crippen molar-refractivity contribution in [2.45, 2.75) is 39.5 Å². The van der Waals surface area contributed by atoms with E-state index >= 15 is 0 Å². The molecule has 152 valence electrons. The lowest BCUT2D eigenvalue weighted by molar-refractivity contribution is -0.141. The van der Waals surface area contributed by atoms with Crippen LogP contribution in [0.1, 0.15) is 57.6 Å². The number of fused-ring (bicyclic) bond motifs is 1. The lowest BCUT2D eigenvalue weighted by Crippen LogP contribution is -2.67. The average molecular weight is 396 g/mol. The molecule has 1 N–H and O–H groups in total. The first-order chi connectivity index (χ1) is 13.8. The lowest BCUT2D eigenvalue weighted by Gasteiger charge is -2.56. The zero-order valence-corrected chi connectivity index (χ0v) is 16.9. The molecule has 0 unspecified atom stereocenters. The van der Waals surface area contributed by atoms with Crippen LogP contribution in [0.15, 0.2) is 41.0 Å². The number of rotatable bonds is 5. The van der Waals surface area contributed by atoms with E-state index in [-0.39, 0.29) is 47.4 Å². The Bertz CT molecular complexity index is 979. The van der Waals surface area contributed by atoms with Crippen LogP contribution in [-0.4, -0.2) is 41.9 Å². The van der Waals surface area contributed by atoms with Gasteiger partial charge in [-0.1, -0.05) is 20.8 Å². The van der Waals surface area contributed by atoms with Crippen LogP contribution in [0, 0.1) is 11.3 Å². The van der Waals surface area contributed by atoms with Gasteiger partial charge in [0.1, 0.15) is 5.76 Å². The van der Waals surface area contributed by atoms with Crippen molar-refractivity contribution in [2.75, 3.05) is 7.11 Å². The molecule has 2 heterocycles. The summed E-state index contributed by atoms with van der Waals surface area (Å²) >= 11 is 0. The monoisotopic (exact) mass is 396 g/mol. The number of nitrogens with zero attached hydrogens (tertiary/aromatic N) is 1. The molecular weight excluding hydrogens is 372 g/mol. The summed E-state index contributed by atoms with van der Waals surface area (Å²) in [6.45, 7) is 6.22. The molecule has 1 aliphatic heterocycles. The molecule has 1 aliphatic carbocycles. The van der Waals surface area contributed by atoms with Crippen LogP contribution >= 0.6 is 0 Å². The number of carbonyl (C=O) groups is 3. The molecular formula is C22H24N2O5. The summed E-state index contributed by atoms with van der Waals surface area (Å²) in [5.41, 5.74) is 0.708. The van der Waals surface area contributed by atoms with Crippen LogP contribution in [0.25, 0.3) is 0 Å². The van der Waals surface area contributed by atoms with Gasteiger partial charge in [0, 0.05) is 30.0 Å². The van der Waals surface area contributed by atoms with E-state index in [9.17, 15) is 14.4 Å². The minimum absolute atomic E-state index is 0.0408. The topological polar surface area (TPSA) is 88.8 Å². The number of hydrogen-bond acceptors (Lipinski definition) is 5. The highest BCUT2D eigenvalue weighted by Gasteiger charge is 2.55. The maximum atomic E-state index is 12.8. The number of ether oxygens (including phenoxy) is 1. The van der Waals surface area contributed by atoms with Gasteiger partial charge in [-0.25, -0.2) is 0 Å². The van der Waals surface area contributed by atoms with Crippen LogP contribution in [0.2, 0.25) is 0 Å². The quantitative estimate of drug-likeness (QED) is 0.785. The molecule has 7 heteroatoms. The molecule has 1 aromatic carbocycles. The standard InChI is InChI=1S/C22H24N2O5/c1-12-17(22(2,3)18(12)28-4)23-19(25)13-7-8-15-16(10-13)21(27)24(20(15)26)11-14-6-5-9-29-14/h5-10,12,17-18H,11H2,1-4H3,(H,23,25)/t12-,17-,18+/m0/s1. The molecule has 0 radical (unpaired) electrons. The Labute approximate surface area is 169 Å². The lowest BCUT2D eigenvalue weighted by atomic mass is 9.58. The SMILES string of the molecule is CO[C@@H]1[C@@H](C)[C@H](NC(=O)c2ccc3c(c2)C(=O)N(Cc2ccco2)C3=O)C1(C)C. The van der Waals surface area contributed by atoms with Gasteiger partial charge < -0.3 is 14.5 Å². The average Bonchev–Trinajstić information content (AvgIpc) is 3.29. The fourth-order valence-electron chi connectivity index (χ4n) is 4.78. The Hall–Kier alpha value is -2.93. The molecule has 1 aromatic heterocycles. The fourth-order valence-corrected chi connectivity index (χ4v) is 4.78. The zero-order valence-electron chi connectivity index (χ0n) is 16.9. The predicted molar refractivity (Wildman–Crippen MR) is 104 cm³/mol. The van der Waals surface area contributed by atoms with Gasteiger partial charge in [0.2, 0.25) is 0 Å². The molecule has 0 saturated heterocycles. The molecule has 3 amide bonds. The number of amides is 3. The Morgan fingerprint density at radius 2 is 1.93 bits per heavy atom. The molecule has 7 nitrogen and oxygen atoms in total. The second-order valence-corrected chi connectivity index (χ2v) is 8.32. The highest BCUT2D eigenvalue weighted by atomic mass is 16.5. The molecule has 2 aliphatic rings. The molecule has 1 fully saturated rings. The molecule has 29 heavy (non-hydrogen) atoms. The summed E-state index contributed by atoms with van der Waals surface area (Å²) < 4.78 is 10.8. The van der Waals surface area contributed by atoms with Crippen molar-refractivity contribution < 1.29 is 23.5 Å². The van der Waals surface area contributed by atoms with E-state index in [0.717, 1.165) is 4.90 Å². The van der Waals surface area contributed by atoms with Gasteiger partial charge in [-0.05, 0) is 30.3 Å². The maximum Gasteiger partial charge on any atom is 0.261 e. The zero-order chi connectivity index (χ0) is 20.9. The van der Waals surface area contributed by atoms with Crippen molar-refractivity contribution in [1.29, 1.82) is 0 Å². The minimum Gasteiger partial charge on any atom is -0.467 e. The van der Waals surface area contributed by atoms with Crippen LogP contribution < -0.4 is 5.32 Å². The van der Waals surface area contributed by atoms with Crippen molar-refractivity contribution in [3.63, 3.8) is 0 Å². The number of imide groups is 1. The second-order valence-electron chi connectivity index (χ2n) is 8.32. The van der Waals surface area contributed by atoms with Crippen molar-refractivity contribution in [3.8, 4) is 0 Å². The van der Waals surface area contributed by atoms with E-state index in [1.165, 1.54) is 12.3 Å². The van der Waals surface area contributed by atoms with Crippen molar-refractivity contribution in [1.82, 2.24) is 10.2 Å². The maximum absolute atomic E-state index is 12.8. The summed E-state index contributed by atoms with van der Waals surface area (Å²) in [6.07, 6.45) is 1.56. The van der Waals surface area contributed by atoms with Crippen LogP contribution in [0.5, 0.6) is 0 Å². The predicted octanol–water partition coefficient (Wildman–Crippen LogP) is 2.87. The van der Waals surface area contributed by atoms with E-state index in [4.69, 9.17) is 9.15 Å². The first-order valence-corrected chi connectivity index (χ1v) is 9.62. The van der Waals surface area contributed by atoms with Gasteiger partial charge in [-0.15, -0.1) is 0 Å². The van der Waals surface area contributed by atoms with Gasteiger partial charge in [-0.3, -0.25) is 19.3 Å². The summed E-state index contributed by atoms with van der Waals surface area (Å²) in [4.78, 5) is 39.3. The van der Waals surface area contributed by atoms with E-state index < -0.39 is 5.91 Å². The van der Waals surface area contributed by atoms with Gasteiger partial charge in [0.15, 0.2) is 0 Å². The van der Waals surface area contributed by atoms with Crippen LogP contribution in [0.3, 0.4) is 0 Å². The molecule has 0 spiro atoms. The number of methoxy groups -OCH3 is 1. The Morgan fingerprint density at radius 3 is 2.55 bits per heavy atom. The third-order valence-electron chi connectivity index (χ3n) is 6.21. The number of nitrogens with one attached hydrogen (secondary N) is 1. The van der Waals surface area contributed by atoms with Gasteiger partial charge >= 0.3 is 0 Å². The normalized spacial score (nSPS) is 25.0. The van der Waals surface area contributed by atoms with Crippen molar-refractivity contribution in [2.24, 2.45) is 11.3 Å². The number of hydrogen-bond donors (Lipinski definition) is 1. The van der Waals surface area contributed by atoms with E-state index in [0.29, 0.717) is 16.9 Å². The first kappa shape index (κ1) is 19.4. The van der Waals surface area contributed by atoms with Gasteiger partial charge in [0.25, 0.3) is 17.7 Å². The summed E-state index contributed by atoms with van der Waals surface area (Å²) in [7, 11) is 1.68. The van der Waals surface area contributed by atoms with Crippen LogP contribution in [-0.2, 0) is 11.3 Å². The Morgan fingerprint density at radius 1 is 1.21 bits per heavy atom. The van der Waals surface area contributed by atoms with Gasteiger partial charge in [-0.2, -0.15) is 0 Å². The smallest absolute Gasteiger partial charge is 0.261 e. The summed E-state index contributed by atoms with van der Waals surface area (Å²) in [5, 5.41) is 3.06. The molecule has 2 aromatic rings. The van der Waals surface area contributed by atoms with Crippen molar-refractivity contribution in [3.05, 3.63) is 59.0 Å². The van der Waals surface area contributed by atoms with E-state index in [1.54, 1.807) is 31.4 Å². The summed E-state index contributed by atoms with van der Waals surface area (Å²) in [5.74, 6) is -0.373. The van der Waals surface area contributed by atoms with Crippen LogP contribution in [0.4, 0.5) is 0 Å². The highest BCUT2D eigenvalue weighted by molar-refractivity contribution is 6.22. The highest BCUT2D eigenvalue weighted by Crippen LogP contribution is 2.47. The minimum atomic E-state index is -0.423. The first-order valence-electron chi connectivity index (χ1n) is 9.62. The molecule has 4 rings (SSSR count).